The summed E-state index contributed by atoms with van der Waals surface area (Å²) in [4.78, 5) is 10.8. The quantitative estimate of drug-likeness (QED) is 0.804. The van der Waals surface area contributed by atoms with Crippen LogP contribution in [0.25, 0.3) is 0 Å². The average Bonchev–Trinajstić information content (AvgIpc) is 2.04. The van der Waals surface area contributed by atoms with E-state index < -0.39 is 11.9 Å². The molecule has 0 bridgehead atoms. The molecule has 78 valence electrons. The normalized spacial score (nSPS) is 11.6. The highest BCUT2D eigenvalue weighted by atomic mass is 35.5. The van der Waals surface area contributed by atoms with Gasteiger partial charge in [0.1, 0.15) is 0 Å². The van der Waals surface area contributed by atoms with Gasteiger partial charge in [0.2, 0.25) is 0 Å². The van der Waals surface area contributed by atoms with Crippen LogP contribution in [-0.2, 0) is 4.79 Å². The van der Waals surface area contributed by atoms with Gasteiger partial charge < -0.3 is 10.8 Å². The molecular formula is C10H14ClNO2. The van der Waals surface area contributed by atoms with E-state index >= 15 is 0 Å². The number of rotatable bonds is 3. The van der Waals surface area contributed by atoms with E-state index in [2.05, 4.69) is 0 Å². The third kappa shape index (κ3) is 3.01. The molecule has 3 N–H and O–H groups in total. The van der Waals surface area contributed by atoms with Crippen LogP contribution in [0.1, 0.15) is 17.0 Å². The topological polar surface area (TPSA) is 63.3 Å². The van der Waals surface area contributed by atoms with E-state index in [4.69, 9.17) is 10.8 Å². The molecule has 0 aliphatic heterocycles. The fourth-order valence-corrected chi connectivity index (χ4v) is 1.27. The second-order valence-corrected chi connectivity index (χ2v) is 3.04. The predicted octanol–water partition coefficient (Wildman–Crippen LogP) is 1.54. The van der Waals surface area contributed by atoms with E-state index in [-0.39, 0.29) is 19.0 Å². The minimum Gasteiger partial charge on any atom is -0.481 e. The van der Waals surface area contributed by atoms with Crippen LogP contribution in [0.15, 0.2) is 24.3 Å². The van der Waals surface area contributed by atoms with Crippen molar-refractivity contribution in [3.63, 3.8) is 0 Å². The maximum Gasteiger partial charge on any atom is 0.312 e. The van der Waals surface area contributed by atoms with Crippen LogP contribution in [0.5, 0.6) is 0 Å². The summed E-state index contributed by atoms with van der Waals surface area (Å²) in [6.45, 7) is 2.07. The average molecular weight is 216 g/mol. The molecule has 0 aromatic heterocycles. The van der Waals surface area contributed by atoms with Gasteiger partial charge in [0.05, 0.1) is 5.92 Å². The van der Waals surface area contributed by atoms with Crippen molar-refractivity contribution in [2.24, 2.45) is 5.73 Å². The fraction of sp³-hybridized carbons (Fsp3) is 0.300. The van der Waals surface area contributed by atoms with Gasteiger partial charge in [0.25, 0.3) is 0 Å². The molecule has 4 heteroatoms. The minimum atomic E-state index is -0.867. The molecule has 1 aromatic rings. The number of aryl methyl sites for hydroxylation is 1. The van der Waals surface area contributed by atoms with Crippen LogP contribution in [0.3, 0.4) is 0 Å². The largest absolute Gasteiger partial charge is 0.481 e. The molecule has 1 aromatic carbocycles. The smallest absolute Gasteiger partial charge is 0.312 e. The standard InChI is InChI=1S/C10H13NO2.ClH/c1-7-3-2-4-8(5-7)9(6-11)10(12)13;/h2-5,9H,6,11H2,1H3,(H,12,13);1H. The Kier molecular flexibility index (Phi) is 5.20. The molecule has 1 rings (SSSR count). The second-order valence-electron chi connectivity index (χ2n) is 3.04. The van der Waals surface area contributed by atoms with Gasteiger partial charge in [-0.05, 0) is 12.5 Å². The van der Waals surface area contributed by atoms with Crippen molar-refractivity contribution in [1.82, 2.24) is 0 Å². The Labute approximate surface area is 89.3 Å². The van der Waals surface area contributed by atoms with Gasteiger partial charge in [-0.1, -0.05) is 29.8 Å². The molecular weight excluding hydrogens is 202 g/mol. The lowest BCUT2D eigenvalue weighted by molar-refractivity contribution is -0.138. The molecule has 0 heterocycles. The van der Waals surface area contributed by atoms with E-state index in [9.17, 15) is 4.79 Å². The van der Waals surface area contributed by atoms with Crippen molar-refractivity contribution in [2.75, 3.05) is 6.54 Å². The molecule has 14 heavy (non-hydrogen) atoms. The number of benzene rings is 1. The van der Waals surface area contributed by atoms with E-state index in [0.29, 0.717) is 0 Å². The summed E-state index contributed by atoms with van der Waals surface area (Å²) in [5, 5.41) is 8.84. The summed E-state index contributed by atoms with van der Waals surface area (Å²) in [7, 11) is 0. The van der Waals surface area contributed by atoms with Crippen LogP contribution in [0.4, 0.5) is 0 Å². The molecule has 0 saturated carbocycles. The monoisotopic (exact) mass is 215 g/mol. The summed E-state index contributed by atoms with van der Waals surface area (Å²) in [6, 6.07) is 7.42. The molecule has 1 atom stereocenters. The Morgan fingerprint density at radius 1 is 1.57 bits per heavy atom. The molecule has 0 aliphatic rings. The highest BCUT2D eigenvalue weighted by Crippen LogP contribution is 2.15. The summed E-state index contributed by atoms with van der Waals surface area (Å²) in [5.41, 5.74) is 7.20. The van der Waals surface area contributed by atoms with E-state index in [0.717, 1.165) is 11.1 Å². The van der Waals surface area contributed by atoms with Crippen LogP contribution >= 0.6 is 12.4 Å². The van der Waals surface area contributed by atoms with Gasteiger partial charge in [0.15, 0.2) is 0 Å². The van der Waals surface area contributed by atoms with Crippen molar-refractivity contribution in [3.05, 3.63) is 35.4 Å². The first-order chi connectivity index (χ1) is 6.15. The molecule has 0 saturated heterocycles. The van der Waals surface area contributed by atoms with E-state index in [1.807, 2.05) is 25.1 Å². The van der Waals surface area contributed by atoms with Crippen molar-refractivity contribution >= 4 is 18.4 Å². The zero-order chi connectivity index (χ0) is 9.84. The minimum absolute atomic E-state index is 0. The SMILES string of the molecule is Cc1cccc(C(CN)C(=O)O)c1.Cl. The zero-order valence-electron chi connectivity index (χ0n) is 7.93. The molecule has 0 radical (unpaired) electrons. The first kappa shape index (κ1) is 12.9. The maximum absolute atomic E-state index is 10.8. The highest BCUT2D eigenvalue weighted by molar-refractivity contribution is 5.85. The lowest BCUT2D eigenvalue weighted by Gasteiger charge is -2.09. The van der Waals surface area contributed by atoms with E-state index in [1.54, 1.807) is 6.07 Å². The number of hydrogen-bond acceptors (Lipinski definition) is 2. The van der Waals surface area contributed by atoms with Crippen LogP contribution in [0, 0.1) is 6.92 Å². The number of nitrogens with two attached hydrogens (primary N) is 1. The van der Waals surface area contributed by atoms with Gasteiger partial charge in [-0.3, -0.25) is 4.79 Å². The number of carboxylic acid groups (broad SMARTS) is 1. The van der Waals surface area contributed by atoms with Crippen LogP contribution < -0.4 is 5.73 Å². The van der Waals surface area contributed by atoms with Crippen LogP contribution in [-0.4, -0.2) is 17.6 Å². The number of halogens is 1. The lowest BCUT2D eigenvalue weighted by Crippen LogP contribution is -2.21. The van der Waals surface area contributed by atoms with Crippen molar-refractivity contribution in [1.29, 1.82) is 0 Å². The van der Waals surface area contributed by atoms with Gasteiger partial charge in [-0.15, -0.1) is 12.4 Å². The number of aliphatic carboxylic acids is 1. The second kappa shape index (κ2) is 5.62. The van der Waals surface area contributed by atoms with Crippen molar-refractivity contribution in [2.45, 2.75) is 12.8 Å². The molecule has 0 spiro atoms. The zero-order valence-corrected chi connectivity index (χ0v) is 8.75. The Balaban J connectivity index is 0.00000169. The lowest BCUT2D eigenvalue weighted by atomic mass is 9.98. The Morgan fingerprint density at radius 3 is 2.64 bits per heavy atom. The Hall–Kier alpha value is -1.06. The molecule has 3 nitrogen and oxygen atoms in total. The first-order valence-electron chi connectivity index (χ1n) is 4.14. The van der Waals surface area contributed by atoms with Gasteiger partial charge in [-0.2, -0.15) is 0 Å². The van der Waals surface area contributed by atoms with Gasteiger partial charge >= 0.3 is 5.97 Å². The molecule has 0 aliphatic carbocycles. The Morgan fingerprint density at radius 2 is 2.21 bits per heavy atom. The Bertz CT molecular complexity index is 315. The first-order valence-corrected chi connectivity index (χ1v) is 4.14. The van der Waals surface area contributed by atoms with E-state index in [1.165, 1.54) is 0 Å². The van der Waals surface area contributed by atoms with Crippen LogP contribution in [0.2, 0.25) is 0 Å². The third-order valence-electron chi connectivity index (χ3n) is 1.98. The molecule has 1 unspecified atom stereocenters. The summed E-state index contributed by atoms with van der Waals surface area (Å²) < 4.78 is 0. The number of carboxylic acids is 1. The fourth-order valence-electron chi connectivity index (χ4n) is 1.27. The third-order valence-corrected chi connectivity index (χ3v) is 1.98. The maximum atomic E-state index is 10.8. The van der Waals surface area contributed by atoms with Crippen molar-refractivity contribution < 1.29 is 9.90 Å². The van der Waals surface area contributed by atoms with Crippen molar-refractivity contribution in [3.8, 4) is 0 Å². The molecule has 0 amide bonds. The number of carbonyl (C=O) groups is 1. The summed E-state index contributed by atoms with van der Waals surface area (Å²) in [6.07, 6.45) is 0. The number of hydrogen-bond donors (Lipinski definition) is 2. The van der Waals surface area contributed by atoms with Gasteiger partial charge in [0, 0.05) is 6.54 Å². The summed E-state index contributed by atoms with van der Waals surface area (Å²) in [5.74, 6) is -1.45. The highest BCUT2D eigenvalue weighted by Gasteiger charge is 2.17. The molecule has 0 fully saturated rings. The predicted molar refractivity (Wildman–Crippen MR) is 57.9 cm³/mol. The van der Waals surface area contributed by atoms with Gasteiger partial charge in [-0.25, -0.2) is 0 Å². The summed E-state index contributed by atoms with van der Waals surface area (Å²) >= 11 is 0.